The van der Waals surface area contributed by atoms with E-state index in [2.05, 4.69) is 270 Å². The van der Waals surface area contributed by atoms with Gasteiger partial charge in [-0.3, -0.25) is 0 Å². The molecule has 11 aromatic rings. The lowest BCUT2D eigenvalue weighted by Gasteiger charge is -2.30. The second-order valence-electron chi connectivity index (χ2n) is 19.9. The number of anilines is 6. The highest BCUT2D eigenvalue weighted by atomic mass is 16.3. The molecule has 0 aliphatic heterocycles. The summed E-state index contributed by atoms with van der Waals surface area (Å²) < 4.78 is 6.84. The van der Waals surface area contributed by atoms with E-state index in [1.165, 1.54) is 44.2 Å². The minimum absolute atomic E-state index is 0.0276. The number of nitrogens with zero attached hydrogens (tertiary/aromatic N) is 2. The minimum atomic E-state index is -0.0276. The van der Waals surface area contributed by atoms with Gasteiger partial charge in [0.2, 0.25) is 0 Å². The number of hydrogen-bond acceptors (Lipinski definition) is 3. The molecule has 326 valence electrons. The highest BCUT2D eigenvalue weighted by molar-refractivity contribution is 6.14. The van der Waals surface area contributed by atoms with Crippen LogP contribution in [0.5, 0.6) is 0 Å². The maximum atomic E-state index is 6.84. The van der Waals surface area contributed by atoms with Gasteiger partial charge in [0.05, 0.1) is 11.4 Å². The smallest absolute Gasteiger partial charge is 0.136 e. The molecule has 0 saturated carbocycles. The van der Waals surface area contributed by atoms with E-state index in [0.29, 0.717) is 0 Å². The van der Waals surface area contributed by atoms with Crippen LogP contribution in [0.25, 0.3) is 65.7 Å². The average Bonchev–Trinajstić information content (AvgIpc) is 3.69. The van der Waals surface area contributed by atoms with Gasteiger partial charge in [-0.05, 0) is 140 Å². The zero-order chi connectivity index (χ0) is 45.9. The molecule has 0 saturated heterocycles. The van der Waals surface area contributed by atoms with Crippen molar-refractivity contribution in [2.75, 3.05) is 9.80 Å². The quantitative estimate of drug-likeness (QED) is 0.152. The first kappa shape index (κ1) is 41.8. The van der Waals surface area contributed by atoms with Crippen molar-refractivity contribution < 1.29 is 4.42 Å². The summed E-state index contributed by atoms with van der Waals surface area (Å²) in [7, 11) is 0. The van der Waals surface area contributed by atoms with E-state index >= 15 is 0 Å². The van der Waals surface area contributed by atoms with E-state index in [4.69, 9.17) is 4.42 Å². The molecule has 1 aromatic heterocycles. The van der Waals surface area contributed by atoms with E-state index in [0.717, 1.165) is 66.8 Å². The molecule has 1 heterocycles. The Balaban J connectivity index is 1.04. The summed E-state index contributed by atoms with van der Waals surface area (Å²) >= 11 is 0. The van der Waals surface area contributed by atoms with Crippen molar-refractivity contribution >= 4 is 77.6 Å². The average molecular weight is 867 g/mol. The normalized spacial score (nSPS) is 12.0. The Labute approximate surface area is 394 Å². The maximum Gasteiger partial charge on any atom is 0.136 e. The van der Waals surface area contributed by atoms with E-state index < -0.39 is 0 Å². The van der Waals surface area contributed by atoms with Gasteiger partial charge in [0, 0.05) is 44.6 Å². The summed E-state index contributed by atoms with van der Waals surface area (Å²) in [6.07, 6.45) is 0. The highest BCUT2D eigenvalue weighted by Crippen LogP contribution is 2.46. The zero-order valence-electron chi connectivity index (χ0n) is 39.1. The van der Waals surface area contributed by atoms with Gasteiger partial charge in [0.25, 0.3) is 0 Å². The Morgan fingerprint density at radius 3 is 1.06 bits per heavy atom. The van der Waals surface area contributed by atoms with Gasteiger partial charge in [0.1, 0.15) is 11.2 Å². The first-order chi connectivity index (χ1) is 32.5. The van der Waals surface area contributed by atoms with Gasteiger partial charge in [0.15, 0.2) is 0 Å². The Bertz CT molecular complexity index is 3340. The van der Waals surface area contributed by atoms with Crippen LogP contribution in [-0.2, 0) is 10.8 Å². The molecule has 0 fully saturated rings. The number of hydrogen-bond donors (Lipinski definition) is 0. The zero-order valence-corrected chi connectivity index (χ0v) is 39.1. The van der Waals surface area contributed by atoms with Crippen LogP contribution < -0.4 is 9.80 Å². The first-order valence-electron chi connectivity index (χ1n) is 23.4. The van der Waals surface area contributed by atoms with Gasteiger partial charge in [-0.2, -0.15) is 0 Å². The van der Waals surface area contributed by atoms with Gasteiger partial charge >= 0.3 is 0 Å². The Morgan fingerprint density at radius 1 is 0.313 bits per heavy atom. The topological polar surface area (TPSA) is 19.6 Å². The molecule has 0 atom stereocenters. The summed E-state index contributed by atoms with van der Waals surface area (Å²) in [4.78, 5) is 4.82. The number of para-hydroxylation sites is 2. The lowest BCUT2D eigenvalue weighted by atomic mass is 9.85. The van der Waals surface area contributed by atoms with Crippen LogP contribution >= 0.6 is 0 Å². The van der Waals surface area contributed by atoms with E-state index in [1.807, 2.05) is 0 Å². The van der Waals surface area contributed by atoms with Crippen LogP contribution in [0.4, 0.5) is 34.1 Å². The molecule has 0 N–H and O–H groups in total. The number of furan rings is 1. The second kappa shape index (κ2) is 16.5. The molecule has 67 heavy (non-hydrogen) atoms. The molecule has 0 radical (unpaired) electrons. The molecule has 0 bridgehead atoms. The third-order valence-corrected chi connectivity index (χ3v) is 13.3. The van der Waals surface area contributed by atoms with Gasteiger partial charge in [-0.1, -0.05) is 175 Å². The molecule has 0 aliphatic rings. The van der Waals surface area contributed by atoms with E-state index in [-0.39, 0.29) is 10.8 Å². The van der Waals surface area contributed by atoms with Crippen molar-refractivity contribution in [1.82, 2.24) is 0 Å². The Morgan fingerprint density at radius 2 is 0.687 bits per heavy atom. The van der Waals surface area contributed by atoms with Crippen LogP contribution in [0.3, 0.4) is 0 Å². The molecule has 3 heteroatoms. The third-order valence-electron chi connectivity index (χ3n) is 13.3. The van der Waals surface area contributed by atoms with Crippen LogP contribution in [0.15, 0.2) is 223 Å². The molecule has 0 amide bonds. The summed E-state index contributed by atoms with van der Waals surface area (Å²) in [6, 6.07) is 79.5. The fourth-order valence-electron chi connectivity index (χ4n) is 9.61. The minimum Gasteiger partial charge on any atom is -0.456 e. The van der Waals surface area contributed by atoms with Gasteiger partial charge < -0.3 is 14.2 Å². The van der Waals surface area contributed by atoms with Gasteiger partial charge in [-0.25, -0.2) is 0 Å². The maximum absolute atomic E-state index is 6.84. The predicted molar refractivity (Wildman–Crippen MR) is 286 cm³/mol. The second-order valence-corrected chi connectivity index (χ2v) is 19.9. The van der Waals surface area contributed by atoms with Crippen molar-refractivity contribution in [3.63, 3.8) is 0 Å². The van der Waals surface area contributed by atoms with Crippen LogP contribution in [0.2, 0.25) is 0 Å². The fourth-order valence-corrected chi connectivity index (χ4v) is 9.61. The third kappa shape index (κ3) is 7.91. The number of rotatable bonds is 8. The molecular weight excluding hydrogens is 813 g/mol. The first-order valence-corrected chi connectivity index (χ1v) is 23.4. The largest absolute Gasteiger partial charge is 0.456 e. The monoisotopic (exact) mass is 866 g/mol. The molecule has 0 unspecified atom stereocenters. The van der Waals surface area contributed by atoms with Crippen molar-refractivity contribution in [2.45, 2.75) is 52.4 Å². The highest BCUT2D eigenvalue weighted by Gasteiger charge is 2.24. The van der Waals surface area contributed by atoms with Crippen molar-refractivity contribution in [1.29, 1.82) is 0 Å². The van der Waals surface area contributed by atoms with Crippen molar-refractivity contribution in [3.8, 4) is 22.3 Å². The Kier molecular flexibility index (Phi) is 10.3. The standard InChI is InChI=1S/C64H54N2O/c1-63(2,3)49-29-33-55(43-19-11-7-12-20-43)59(41-49)65(51-23-15-9-16-24-51)53-31-27-45-37-57-58-38-46-28-32-54(36-48(46)40-62(58)67-61(57)39-47(45)35-53)66(52-25-17-10-18-26-52)60-42-50(64(4,5)6)30-34-56(60)44-21-13-8-14-22-44/h7-42H,1-6H3. The Hall–Kier alpha value is -7.88. The number of benzene rings is 10. The molecule has 3 nitrogen and oxygen atoms in total. The van der Waals surface area contributed by atoms with Crippen LogP contribution in [-0.4, -0.2) is 0 Å². The summed E-state index contributed by atoms with van der Waals surface area (Å²) in [5, 5.41) is 6.80. The van der Waals surface area contributed by atoms with E-state index in [9.17, 15) is 0 Å². The van der Waals surface area contributed by atoms with E-state index in [1.54, 1.807) is 0 Å². The predicted octanol–water partition coefficient (Wildman–Crippen LogP) is 18.8. The molecule has 0 aliphatic carbocycles. The molecule has 10 aromatic carbocycles. The summed E-state index contributed by atoms with van der Waals surface area (Å²) in [6.45, 7) is 13.7. The lowest BCUT2D eigenvalue weighted by Crippen LogP contribution is -2.15. The van der Waals surface area contributed by atoms with Crippen molar-refractivity contribution in [3.05, 3.63) is 230 Å². The SMILES string of the molecule is CC(C)(C)c1ccc(-c2ccccc2)c(N(c2ccccc2)c2ccc3cc4c(cc3c2)oc2cc3cc(N(c5ccccc5)c5cc(C(C)(C)C)ccc5-c5ccccc5)ccc3cc24)c1. The number of fused-ring (bicyclic) bond motifs is 5. The molecule has 11 rings (SSSR count). The van der Waals surface area contributed by atoms with Gasteiger partial charge in [-0.15, -0.1) is 0 Å². The summed E-state index contributed by atoms with van der Waals surface area (Å²) in [5.74, 6) is 0. The van der Waals surface area contributed by atoms with Crippen molar-refractivity contribution in [2.24, 2.45) is 0 Å². The lowest BCUT2D eigenvalue weighted by molar-refractivity contribution is 0.590. The molecule has 0 spiro atoms. The fraction of sp³-hybridized carbons (Fsp3) is 0.125. The molecular formula is C64H54N2O. The van der Waals surface area contributed by atoms with Crippen LogP contribution in [0, 0.1) is 0 Å². The van der Waals surface area contributed by atoms with Crippen LogP contribution in [0.1, 0.15) is 52.7 Å². The summed E-state index contributed by atoms with van der Waals surface area (Å²) in [5.41, 5.74) is 15.7.